The van der Waals surface area contributed by atoms with Gasteiger partial charge in [0.1, 0.15) is 12.2 Å². The van der Waals surface area contributed by atoms with Gasteiger partial charge in [-0.2, -0.15) is 4.98 Å². The molecule has 0 saturated carbocycles. The predicted octanol–water partition coefficient (Wildman–Crippen LogP) is 3.31. The smallest absolute Gasteiger partial charge is 0.280 e. The lowest BCUT2D eigenvalue weighted by molar-refractivity contribution is -0.0323. The highest BCUT2D eigenvalue weighted by Gasteiger charge is 2.37. The summed E-state index contributed by atoms with van der Waals surface area (Å²) in [6.07, 6.45) is 3.94. The molecule has 1 saturated heterocycles. The van der Waals surface area contributed by atoms with Crippen molar-refractivity contribution in [3.8, 4) is 0 Å². The molecule has 1 fully saturated rings. The molecule has 0 aromatic carbocycles. The molecule has 1 unspecified atom stereocenters. The second-order valence-corrected chi connectivity index (χ2v) is 10.6. The summed E-state index contributed by atoms with van der Waals surface area (Å²) in [5, 5.41) is 0. The molecule has 1 aliphatic rings. The van der Waals surface area contributed by atoms with Gasteiger partial charge in [-0.1, -0.05) is 55.7 Å². The third-order valence-corrected chi connectivity index (χ3v) is 7.15. The molecule has 1 aliphatic heterocycles. The van der Waals surface area contributed by atoms with Crippen molar-refractivity contribution < 1.29 is 9.47 Å². The third-order valence-electron chi connectivity index (χ3n) is 4.15. The molecule has 27 heavy (non-hydrogen) atoms. The van der Waals surface area contributed by atoms with Crippen molar-refractivity contribution in [3.05, 3.63) is 16.7 Å². The molecule has 3 N–H and O–H groups in total. The Bertz CT molecular complexity index is 832. The fraction of sp³-hybridized carbons (Fsp3) is 0.706. The molecule has 0 amide bonds. The molecular weight excluding hydrogens is 386 g/mol. The Morgan fingerprint density at radius 3 is 2.96 bits per heavy atom. The molecule has 2 aromatic rings. The summed E-state index contributed by atoms with van der Waals surface area (Å²) in [5.74, 6) is 0.680. The summed E-state index contributed by atoms with van der Waals surface area (Å²) in [4.78, 5) is 22.9. The van der Waals surface area contributed by atoms with Crippen molar-refractivity contribution >= 4 is 38.7 Å². The number of aromatic amines is 1. The van der Waals surface area contributed by atoms with Crippen LogP contribution < -0.4 is 11.3 Å². The highest BCUT2D eigenvalue weighted by atomic mass is 33.1. The van der Waals surface area contributed by atoms with E-state index in [-0.39, 0.29) is 40.2 Å². The summed E-state index contributed by atoms with van der Waals surface area (Å²) in [6, 6.07) is 0. The molecule has 10 heteroatoms. The van der Waals surface area contributed by atoms with Crippen LogP contribution >= 0.6 is 21.6 Å². The van der Waals surface area contributed by atoms with Gasteiger partial charge in [0.2, 0.25) is 5.95 Å². The zero-order valence-electron chi connectivity index (χ0n) is 16.1. The Morgan fingerprint density at radius 1 is 1.48 bits per heavy atom. The SMILES string of the molecule is CCC[C@H]1O[C@@H](n2cnc3c(=O)[nH]c(N)nc32)CC1OCSSC(C)(C)C. The first-order chi connectivity index (χ1) is 12.8. The number of nitrogens with one attached hydrogen (secondary N) is 1. The Hall–Kier alpha value is -1.23. The van der Waals surface area contributed by atoms with Crippen LogP contribution in [0.5, 0.6) is 0 Å². The van der Waals surface area contributed by atoms with Crippen LogP contribution in [0.15, 0.2) is 11.1 Å². The first-order valence-electron chi connectivity index (χ1n) is 9.08. The number of anilines is 1. The van der Waals surface area contributed by atoms with Crippen molar-refractivity contribution in [2.45, 2.75) is 70.1 Å². The molecule has 0 radical (unpaired) electrons. The molecule has 3 rings (SSSR count). The molecule has 2 aromatic heterocycles. The lowest BCUT2D eigenvalue weighted by Gasteiger charge is -2.20. The Kier molecular flexibility index (Phi) is 6.39. The summed E-state index contributed by atoms with van der Waals surface area (Å²) in [5.41, 5.74) is 6.05. The summed E-state index contributed by atoms with van der Waals surface area (Å²) >= 11 is 0. The highest BCUT2D eigenvalue weighted by molar-refractivity contribution is 8.77. The van der Waals surface area contributed by atoms with Crippen LogP contribution in [0.3, 0.4) is 0 Å². The summed E-state index contributed by atoms with van der Waals surface area (Å²) in [7, 11) is 3.53. The minimum absolute atomic E-state index is 0.000174. The van der Waals surface area contributed by atoms with Crippen LogP contribution in [0.1, 0.15) is 53.2 Å². The van der Waals surface area contributed by atoms with Crippen molar-refractivity contribution in [2.75, 3.05) is 11.7 Å². The number of imidazole rings is 1. The van der Waals surface area contributed by atoms with Gasteiger partial charge in [-0.3, -0.25) is 14.3 Å². The van der Waals surface area contributed by atoms with Gasteiger partial charge < -0.3 is 15.2 Å². The number of rotatable bonds is 7. The summed E-state index contributed by atoms with van der Waals surface area (Å²) in [6.45, 7) is 8.68. The predicted molar refractivity (Wildman–Crippen MR) is 111 cm³/mol. The van der Waals surface area contributed by atoms with Crippen molar-refractivity contribution in [1.82, 2.24) is 19.5 Å². The number of hydrogen-bond acceptors (Lipinski definition) is 8. The van der Waals surface area contributed by atoms with E-state index < -0.39 is 0 Å². The van der Waals surface area contributed by atoms with Crippen LogP contribution in [-0.2, 0) is 9.47 Å². The van der Waals surface area contributed by atoms with Crippen LogP contribution in [0.4, 0.5) is 5.95 Å². The number of nitrogens with two attached hydrogens (primary N) is 1. The minimum Gasteiger partial charge on any atom is -0.369 e. The van der Waals surface area contributed by atoms with E-state index in [9.17, 15) is 4.79 Å². The maximum absolute atomic E-state index is 12.0. The fourth-order valence-electron chi connectivity index (χ4n) is 3.06. The zero-order valence-corrected chi connectivity index (χ0v) is 17.7. The van der Waals surface area contributed by atoms with E-state index >= 15 is 0 Å². The normalized spacial score (nSPS) is 23.3. The third kappa shape index (κ3) is 4.98. The molecule has 0 bridgehead atoms. The van der Waals surface area contributed by atoms with E-state index in [2.05, 4.69) is 42.6 Å². The van der Waals surface area contributed by atoms with Crippen LogP contribution in [0.25, 0.3) is 11.2 Å². The Balaban J connectivity index is 1.72. The molecule has 8 nitrogen and oxygen atoms in total. The number of nitrogen functional groups attached to an aromatic ring is 1. The minimum atomic E-state index is -0.345. The number of ether oxygens (including phenoxy) is 2. The zero-order chi connectivity index (χ0) is 19.6. The van der Waals surface area contributed by atoms with Crippen LogP contribution in [0, 0.1) is 0 Å². The standard InChI is InChI=1S/C17H27N5O3S2/c1-5-6-10-11(24-9-26-27-17(2,3)4)7-12(25-10)22-8-19-13-14(22)20-16(18)21-15(13)23/h8,10-12H,5-7,9H2,1-4H3,(H3,18,20,21,23)/t10-,11?,12-/m1/s1. The number of H-pyrrole nitrogens is 1. The molecule has 150 valence electrons. The van der Waals surface area contributed by atoms with Gasteiger partial charge in [-0.25, -0.2) is 4.98 Å². The van der Waals surface area contributed by atoms with Gasteiger partial charge in [0.15, 0.2) is 11.2 Å². The summed E-state index contributed by atoms with van der Waals surface area (Å²) < 4.78 is 14.3. The maximum atomic E-state index is 12.0. The van der Waals surface area contributed by atoms with Crippen molar-refractivity contribution in [2.24, 2.45) is 0 Å². The molecule has 0 spiro atoms. The van der Waals surface area contributed by atoms with E-state index in [1.54, 1.807) is 21.7 Å². The van der Waals surface area contributed by atoms with Crippen LogP contribution in [0.2, 0.25) is 0 Å². The van der Waals surface area contributed by atoms with Gasteiger partial charge >= 0.3 is 0 Å². The van der Waals surface area contributed by atoms with Gasteiger partial charge in [0, 0.05) is 11.2 Å². The lowest BCUT2D eigenvalue weighted by Crippen LogP contribution is -2.24. The van der Waals surface area contributed by atoms with Gasteiger partial charge in [-0.05, 0) is 6.42 Å². The largest absolute Gasteiger partial charge is 0.369 e. The van der Waals surface area contributed by atoms with Gasteiger partial charge in [0.25, 0.3) is 5.56 Å². The monoisotopic (exact) mass is 413 g/mol. The van der Waals surface area contributed by atoms with E-state index in [4.69, 9.17) is 15.2 Å². The van der Waals surface area contributed by atoms with Gasteiger partial charge in [-0.15, -0.1) is 0 Å². The first kappa shape index (κ1) is 20.5. The maximum Gasteiger partial charge on any atom is 0.280 e. The number of hydrogen-bond donors (Lipinski definition) is 2. The second kappa shape index (κ2) is 8.42. The molecule has 0 aliphatic carbocycles. The average Bonchev–Trinajstić information content (AvgIpc) is 3.15. The quantitative estimate of drug-likeness (QED) is 0.404. The molecule has 3 atom stereocenters. The van der Waals surface area contributed by atoms with E-state index in [0.29, 0.717) is 18.0 Å². The number of fused-ring (bicyclic) bond motifs is 1. The highest BCUT2D eigenvalue weighted by Crippen LogP contribution is 2.38. The Morgan fingerprint density at radius 2 is 2.26 bits per heavy atom. The number of nitrogens with zero attached hydrogens (tertiary/aromatic N) is 3. The topological polar surface area (TPSA) is 108 Å². The van der Waals surface area contributed by atoms with Crippen molar-refractivity contribution in [1.29, 1.82) is 0 Å². The molecular formula is C17H27N5O3S2. The average molecular weight is 414 g/mol. The number of aromatic nitrogens is 4. The second-order valence-electron chi connectivity index (χ2n) is 7.57. The van der Waals surface area contributed by atoms with Crippen molar-refractivity contribution in [3.63, 3.8) is 0 Å². The Labute approximate surface area is 166 Å². The van der Waals surface area contributed by atoms with E-state index in [0.717, 1.165) is 12.8 Å². The van der Waals surface area contributed by atoms with E-state index in [1.165, 1.54) is 0 Å². The molecule has 3 heterocycles. The van der Waals surface area contributed by atoms with Gasteiger partial charge in [0.05, 0.1) is 18.5 Å². The van der Waals surface area contributed by atoms with E-state index in [1.807, 2.05) is 10.8 Å². The fourth-order valence-corrected chi connectivity index (χ4v) is 5.06. The lowest BCUT2D eigenvalue weighted by atomic mass is 10.1. The van der Waals surface area contributed by atoms with Crippen LogP contribution in [-0.4, -0.2) is 42.4 Å². The first-order valence-corrected chi connectivity index (χ1v) is 11.4.